The first-order valence-electron chi connectivity index (χ1n) is 6.13. The van der Waals surface area contributed by atoms with Crippen LogP contribution in [0, 0.1) is 0 Å². The summed E-state index contributed by atoms with van der Waals surface area (Å²) in [4.78, 5) is 0.136. The summed E-state index contributed by atoms with van der Waals surface area (Å²) < 4.78 is 27.7. The molecule has 1 aromatic rings. The molecule has 2 bridgehead atoms. The second-order valence-corrected chi connectivity index (χ2v) is 9.24. The number of rotatable bonds is 2. The van der Waals surface area contributed by atoms with Crippen molar-refractivity contribution in [3.8, 4) is 0 Å². The van der Waals surface area contributed by atoms with E-state index in [9.17, 15) is 8.42 Å². The first kappa shape index (κ1) is 14.1. The van der Waals surface area contributed by atoms with E-state index < -0.39 is 10.0 Å². The van der Waals surface area contributed by atoms with Gasteiger partial charge in [0.05, 0.1) is 4.34 Å². The van der Waals surface area contributed by atoms with E-state index in [4.69, 9.17) is 28.9 Å². The van der Waals surface area contributed by atoms with Gasteiger partial charge in [-0.05, 0) is 31.7 Å². The van der Waals surface area contributed by atoms with Gasteiger partial charge in [0.2, 0.25) is 10.0 Å². The summed E-state index contributed by atoms with van der Waals surface area (Å²) in [7, 11) is -3.56. The Morgan fingerprint density at radius 2 is 1.84 bits per heavy atom. The maximum atomic E-state index is 12.7. The summed E-state index contributed by atoms with van der Waals surface area (Å²) in [6, 6.07) is 1.56. The molecule has 0 amide bonds. The number of halogens is 2. The molecular weight excluding hydrogens is 327 g/mol. The molecule has 19 heavy (non-hydrogen) atoms. The highest BCUT2D eigenvalue weighted by molar-refractivity contribution is 7.89. The van der Waals surface area contributed by atoms with Crippen molar-refractivity contribution in [2.45, 2.75) is 48.7 Å². The molecule has 2 unspecified atom stereocenters. The largest absolute Gasteiger partial charge is 0.328 e. The van der Waals surface area contributed by atoms with Crippen LogP contribution in [0.15, 0.2) is 11.0 Å². The Hall–Kier alpha value is 0.150. The number of thiophene rings is 1. The van der Waals surface area contributed by atoms with Crippen LogP contribution >= 0.6 is 34.5 Å². The zero-order valence-corrected chi connectivity index (χ0v) is 13.2. The molecule has 2 aliphatic heterocycles. The topological polar surface area (TPSA) is 63.4 Å². The van der Waals surface area contributed by atoms with Crippen LogP contribution in [0.2, 0.25) is 8.67 Å². The van der Waals surface area contributed by atoms with Gasteiger partial charge in [0, 0.05) is 18.1 Å². The van der Waals surface area contributed by atoms with Gasteiger partial charge in [-0.1, -0.05) is 23.2 Å². The summed E-state index contributed by atoms with van der Waals surface area (Å²) >= 11 is 12.9. The lowest BCUT2D eigenvalue weighted by molar-refractivity contribution is 0.227. The molecule has 2 N–H and O–H groups in total. The van der Waals surface area contributed by atoms with Gasteiger partial charge in [-0.25, -0.2) is 8.42 Å². The van der Waals surface area contributed by atoms with E-state index in [1.54, 1.807) is 4.31 Å². The monoisotopic (exact) mass is 340 g/mol. The van der Waals surface area contributed by atoms with Crippen LogP contribution in [0.25, 0.3) is 0 Å². The number of fused-ring (bicyclic) bond motifs is 2. The van der Waals surface area contributed by atoms with Crippen LogP contribution < -0.4 is 5.73 Å². The third kappa shape index (κ3) is 2.32. The summed E-state index contributed by atoms with van der Waals surface area (Å²) in [5.41, 5.74) is 5.97. The van der Waals surface area contributed by atoms with Crippen LogP contribution in [0.1, 0.15) is 25.7 Å². The highest BCUT2D eigenvalue weighted by atomic mass is 35.5. The molecule has 0 saturated carbocycles. The lowest BCUT2D eigenvalue weighted by Gasteiger charge is -2.36. The molecule has 3 rings (SSSR count). The smallest absolute Gasteiger partial charge is 0.245 e. The van der Waals surface area contributed by atoms with Crippen molar-refractivity contribution in [2.24, 2.45) is 5.73 Å². The van der Waals surface area contributed by atoms with Gasteiger partial charge in [0.15, 0.2) is 0 Å². The van der Waals surface area contributed by atoms with Crippen molar-refractivity contribution < 1.29 is 8.42 Å². The van der Waals surface area contributed by atoms with Crippen LogP contribution in [0.5, 0.6) is 0 Å². The Kier molecular flexibility index (Phi) is 3.61. The Labute approximate surface area is 126 Å². The summed E-state index contributed by atoms with van der Waals surface area (Å²) in [6.07, 6.45) is 3.22. The quantitative estimate of drug-likeness (QED) is 0.900. The fourth-order valence-electron chi connectivity index (χ4n) is 3.18. The maximum absolute atomic E-state index is 12.7. The zero-order chi connectivity index (χ0) is 13.8. The van der Waals surface area contributed by atoms with Crippen molar-refractivity contribution in [2.75, 3.05) is 0 Å². The average Bonchev–Trinajstić information content (AvgIpc) is 2.78. The van der Waals surface area contributed by atoms with Crippen LogP contribution in [-0.2, 0) is 10.0 Å². The van der Waals surface area contributed by atoms with Gasteiger partial charge >= 0.3 is 0 Å². The molecular formula is C11H14Cl2N2O2S2. The molecule has 0 aliphatic carbocycles. The van der Waals surface area contributed by atoms with E-state index in [-0.39, 0.29) is 27.4 Å². The van der Waals surface area contributed by atoms with Gasteiger partial charge in [-0.3, -0.25) is 0 Å². The number of piperidine rings is 1. The maximum Gasteiger partial charge on any atom is 0.245 e. The third-order valence-electron chi connectivity index (χ3n) is 3.88. The molecule has 8 heteroatoms. The Morgan fingerprint density at radius 1 is 1.26 bits per heavy atom. The fraction of sp³-hybridized carbons (Fsp3) is 0.636. The molecule has 2 saturated heterocycles. The molecule has 3 heterocycles. The Balaban J connectivity index is 2.00. The Morgan fingerprint density at radius 3 is 2.32 bits per heavy atom. The first-order chi connectivity index (χ1) is 8.89. The van der Waals surface area contributed by atoms with Crippen LogP contribution in [0.3, 0.4) is 0 Å². The van der Waals surface area contributed by atoms with E-state index >= 15 is 0 Å². The number of nitrogens with two attached hydrogens (primary N) is 1. The number of nitrogens with zero attached hydrogens (tertiary/aromatic N) is 1. The molecule has 4 nitrogen and oxygen atoms in total. The van der Waals surface area contributed by atoms with Gasteiger partial charge in [0.25, 0.3) is 0 Å². The molecule has 2 atom stereocenters. The van der Waals surface area contributed by atoms with Crippen molar-refractivity contribution in [1.29, 1.82) is 0 Å². The van der Waals surface area contributed by atoms with Crippen molar-refractivity contribution >= 4 is 44.6 Å². The van der Waals surface area contributed by atoms with Crippen molar-refractivity contribution in [3.63, 3.8) is 0 Å². The third-order valence-corrected chi connectivity index (χ3v) is 7.64. The zero-order valence-electron chi connectivity index (χ0n) is 10.1. The normalized spacial score (nSPS) is 31.8. The number of sulfonamides is 1. The molecule has 106 valence electrons. The molecule has 2 fully saturated rings. The van der Waals surface area contributed by atoms with Gasteiger partial charge in [-0.2, -0.15) is 4.31 Å². The minimum atomic E-state index is -3.56. The van der Waals surface area contributed by atoms with E-state index in [0.29, 0.717) is 4.34 Å². The highest BCUT2D eigenvalue weighted by Gasteiger charge is 2.47. The summed E-state index contributed by atoms with van der Waals surface area (Å²) in [5.74, 6) is 0. The van der Waals surface area contributed by atoms with Gasteiger partial charge in [0.1, 0.15) is 9.23 Å². The van der Waals surface area contributed by atoms with E-state index in [1.165, 1.54) is 6.07 Å². The fourth-order valence-corrected chi connectivity index (χ4v) is 7.19. The molecule has 0 aromatic carbocycles. The Bertz CT molecular complexity index is 588. The van der Waals surface area contributed by atoms with E-state index in [0.717, 1.165) is 37.0 Å². The summed E-state index contributed by atoms with van der Waals surface area (Å²) in [5, 5.41) is 0. The minimum Gasteiger partial charge on any atom is -0.328 e. The lowest BCUT2D eigenvalue weighted by Crippen LogP contribution is -2.49. The lowest BCUT2D eigenvalue weighted by atomic mass is 10.0. The number of hydrogen-bond donors (Lipinski definition) is 1. The second-order valence-electron chi connectivity index (χ2n) is 5.14. The standard InChI is InChI=1S/C11H14Cl2N2O2S2/c12-10-5-9(11(13)18-10)19(16,17)15-7-1-2-8(15)4-6(14)3-7/h5-8H,1-4,14H2. The van der Waals surface area contributed by atoms with Crippen LogP contribution in [0.4, 0.5) is 0 Å². The van der Waals surface area contributed by atoms with Gasteiger partial charge in [-0.15, -0.1) is 11.3 Å². The van der Waals surface area contributed by atoms with E-state index in [1.807, 2.05) is 0 Å². The van der Waals surface area contributed by atoms with Crippen molar-refractivity contribution in [1.82, 2.24) is 4.31 Å². The molecule has 0 radical (unpaired) electrons. The predicted molar refractivity (Wildman–Crippen MR) is 77.4 cm³/mol. The summed E-state index contributed by atoms with van der Waals surface area (Å²) in [6.45, 7) is 0. The van der Waals surface area contributed by atoms with Crippen molar-refractivity contribution in [3.05, 3.63) is 14.7 Å². The van der Waals surface area contributed by atoms with Crippen LogP contribution in [-0.4, -0.2) is 30.8 Å². The predicted octanol–water partition coefficient (Wildman–Crippen LogP) is 2.70. The average molecular weight is 341 g/mol. The number of hydrogen-bond acceptors (Lipinski definition) is 4. The first-order valence-corrected chi connectivity index (χ1v) is 9.15. The molecule has 2 aliphatic rings. The molecule has 0 spiro atoms. The minimum absolute atomic E-state index is 0.00786. The highest BCUT2D eigenvalue weighted by Crippen LogP contribution is 2.43. The SMILES string of the molecule is NC1CC2CCC(C1)N2S(=O)(=O)c1cc(Cl)sc1Cl. The molecule has 1 aromatic heterocycles. The van der Waals surface area contributed by atoms with E-state index in [2.05, 4.69) is 0 Å². The second kappa shape index (κ2) is 4.86. The van der Waals surface area contributed by atoms with Gasteiger partial charge < -0.3 is 5.73 Å².